The molecule has 2 aromatic heterocycles. The Morgan fingerprint density at radius 3 is 2.82 bits per heavy atom. The van der Waals surface area contributed by atoms with Crippen LogP contribution in [0.5, 0.6) is 0 Å². The van der Waals surface area contributed by atoms with Crippen LogP contribution in [0.1, 0.15) is 16.6 Å². The molecule has 90 valence electrons. The minimum Gasteiger partial charge on any atom is -0.271 e. The summed E-state index contributed by atoms with van der Waals surface area (Å²) in [7, 11) is 0. The summed E-state index contributed by atoms with van der Waals surface area (Å²) in [6, 6.07) is 5.80. The van der Waals surface area contributed by atoms with E-state index in [0.717, 1.165) is 20.1 Å². The third kappa shape index (κ3) is 3.26. The van der Waals surface area contributed by atoms with Crippen LogP contribution in [-0.4, -0.2) is 4.98 Å². The molecule has 0 saturated heterocycles. The van der Waals surface area contributed by atoms with Gasteiger partial charge >= 0.3 is 0 Å². The number of nitrogens with zero attached hydrogens (tertiary/aromatic N) is 1. The summed E-state index contributed by atoms with van der Waals surface area (Å²) < 4.78 is 0.965. The van der Waals surface area contributed by atoms with E-state index in [1.54, 1.807) is 17.5 Å². The minimum atomic E-state index is -0.00354. The Kier molecular flexibility index (Phi) is 4.53. The van der Waals surface area contributed by atoms with Crippen molar-refractivity contribution >= 4 is 38.9 Å². The fourth-order valence-corrected chi connectivity index (χ4v) is 3.00. The van der Waals surface area contributed by atoms with Crippen LogP contribution in [0.3, 0.4) is 0 Å². The first-order chi connectivity index (χ1) is 8.20. The molecule has 1 unspecified atom stereocenters. The lowest BCUT2D eigenvalue weighted by atomic mass is 10.1. The fourth-order valence-electron chi connectivity index (χ4n) is 1.52. The van der Waals surface area contributed by atoms with Gasteiger partial charge in [0.25, 0.3) is 0 Å². The van der Waals surface area contributed by atoms with Gasteiger partial charge in [-0.05, 0) is 39.5 Å². The van der Waals surface area contributed by atoms with Crippen molar-refractivity contribution < 1.29 is 0 Å². The van der Waals surface area contributed by atoms with Crippen LogP contribution in [0, 0.1) is 0 Å². The van der Waals surface area contributed by atoms with Gasteiger partial charge in [-0.15, -0.1) is 11.3 Å². The predicted octanol–water partition coefficient (Wildman–Crippen LogP) is 3.31. The van der Waals surface area contributed by atoms with Crippen molar-refractivity contribution in [3.8, 4) is 0 Å². The fraction of sp³-hybridized carbons (Fsp3) is 0.182. The molecule has 0 bridgehead atoms. The second-order valence-electron chi connectivity index (χ2n) is 3.52. The number of nitrogens with two attached hydrogens (primary N) is 1. The highest BCUT2D eigenvalue weighted by Crippen LogP contribution is 2.30. The van der Waals surface area contributed by atoms with Gasteiger partial charge in [0.2, 0.25) is 0 Å². The quantitative estimate of drug-likeness (QED) is 0.667. The third-order valence-electron chi connectivity index (χ3n) is 2.36. The van der Waals surface area contributed by atoms with E-state index in [4.69, 9.17) is 17.4 Å². The number of thiophene rings is 1. The highest BCUT2D eigenvalue weighted by atomic mass is 79.9. The van der Waals surface area contributed by atoms with Gasteiger partial charge in [-0.3, -0.25) is 16.3 Å². The molecule has 0 aliphatic heterocycles. The highest BCUT2D eigenvalue weighted by molar-refractivity contribution is 9.10. The Labute approximate surface area is 117 Å². The first-order valence-electron chi connectivity index (χ1n) is 5.00. The average Bonchev–Trinajstić information content (AvgIpc) is 2.75. The Morgan fingerprint density at radius 1 is 1.47 bits per heavy atom. The maximum absolute atomic E-state index is 6.09. The summed E-state index contributed by atoms with van der Waals surface area (Å²) >= 11 is 11.0. The highest BCUT2D eigenvalue weighted by Gasteiger charge is 2.15. The van der Waals surface area contributed by atoms with Gasteiger partial charge in [0.05, 0.1) is 11.1 Å². The summed E-state index contributed by atoms with van der Waals surface area (Å²) in [6.45, 7) is 0. The second kappa shape index (κ2) is 5.93. The SMILES string of the molecule is NNC(Cc1ccc(Br)cn1)c1sccc1Cl. The van der Waals surface area contributed by atoms with Gasteiger partial charge in [-0.1, -0.05) is 11.6 Å². The van der Waals surface area contributed by atoms with Crippen LogP contribution in [0.25, 0.3) is 0 Å². The molecule has 6 heteroatoms. The first kappa shape index (κ1) is 13.0. The number of hydrogen-bond donors (Lipinski definition) is 2. The predicted molar refractivity (Wildman–Crippen MR) is 75.0 cm³/mol. The molecule has 0 saturated carbocycles. The van der Waals surface area contributed by atoms with Gasteiger partial charge in [-0.25, -0.2) is 0 Å². The zero-order valence-electron chi connectivity index (χ0n) is 8.86. The second-order valence-corrected chi connectivity index (χ2v) is 5.79. The van der Waals surface area contributed by atoms with Crippen LogP contribution in [-0.2, 0) is 6.42 Å². The van der Waals surface area contributed by atoms with Crippen molar-refractivity contribution in [2.24, 2.45) is 5.84 Å². The van der Waals surface area contributed by atoms with Crippen molar-refractivity contribution in [2.75, 3.05) is 0 Å². The summed E-state index contributed by atoms with van der Waals surface area (Å²) in [5, 5.41) is 2.70. The van der Waals surface area contributed by atoms with E-state index in [1.807, 2.05) is 23.6 Å². The molecule has 1 atom stereocenters. The molecule has 2 aromatic rings. The lowest BCUT2D eigenvalue weighted by Gasteiger charge is -2.14. The van der Waals surface area contributed by atoms with E-state index in [1.165, 1.54) is 0 Å². The third-order valence-corrected chi connectivity index (χ3v) is 4.31. The van der Waals surface area contributed by atoms with Crippen LogP contribution >= 0.6 is 38.9 Å². The molecule has 2 rings (SSSR count). The van der Waals surface area contributed by atoms with Gasteiger partial charge in [0.15, 0.2) is 0 Å². The molecule has 17 heavy (non-hydrogen) atoms. The summed E-state index contributed by atoms with van der Waals surface area (Å²) in [4.78, 5) is 5.37. The number of halogens is 2. The van der Waals surface area contributed by atoms with Crippen molar-refractivity contribution in [3.63, 3.8) is 0 Å². The minimum absolute atomic E-state index is 0.00354. The Morgan fingerprint density at radius 2 is 2.29 bits per heavy atom. The van der Waals surface area contributed by atoms with Crippen LogP contribution in [0.4, 0.5) is 0 Å². The molecule has 0 spiro atoms. The number of nitrogens with one attached hydrogen (secondary N) is 1. The van der Waals surface area contributed by atoms with E-state index < -0.39 is 0 Å². The Balaban J connectivity index is 2.16. The molecule has 0 radical (unpaired) electrons. The zero-order valence-corrected chi connectivity index (χ0v) is 12.0. The van der Waals surface area contributed by atoms with Crippen molar-refractivity contribution in [2.45, 2.75) is 12.5 Å². The lowest BCUT2D eigenvalue weighted by molar-refractivity contribution is 0.554. The van der Waals surface area contributed by atoms with Crippen LogP contribution < -0.4 is 11.3 Å². The first-order valence-corrected chi connectivity index (χ1v) is 7.05. The van der Waals surface area contributed by atoms with Gasteiger partial charge in [0, 0.05) is 27.7 Å². The van der Waals surface area contributed by atoms with Gasteiger partial charge < -0.3 is 0 Å². The van der Waals surface area contributed by atoms with Crippen molar-refractivity contribution in [1.29, 1.82) is 0 Å². The molecule has 0 aliphatic carbocycles. The molecular weight excluding hydrogens is 322 g/mol. The van der Waals surface area contributed by atoms with E-state index in [-0.39, 0.29) is 6.04 Å². The molecule has 0 amide bonds. The number of rotatable bonds is 4. The van der Waals surface area contributed by atoms with Crippen LogP contribution in [0.2, 0.25) is 5.02 Å². The average molecular weight is 333 g/mol. The number of pyridine rings is 1. The maximum Gasteiger partial charge on any atom is 0.0623 e. The topological polar surface area (TPSA) is 50.9 Å². The Hall–Kier alpha value is -0.460. The summed E-state index contributed by atoms with van der Waals surface area (Å²) in [6.07, 6.45) is 2.49. The molecule has 3 N–H and O–H groups in total. The van der Waals surface area contributed by atoms with Crippen molar-refractivity contribution in [1.82, 2.24) is 10.4 Å². The van der Waals surface area contributed by atoms with E-state index in [0.29, 0.717) is 6.42 Å². The largest absolute Gasteiger partial charge is 0.271 e. The molecule has 0 aromatic carbocycles. The smallest absolute Gasteiger partial charge is 0.0623 e. The van der Waals surface area contributed by atoms with Crippen molar-refractivity contribution in [3.05, 3.63) is 49.8 Å². The standard InChI is InChI=1S/C11H11BrClN3S/c12-7-1-2-8(15-6-7)5-10(16-14)11-9(13)3-4-17-11/h1-4,6,10,16H,5,14H2. The maximum atomic E-state index is 6.09. The van der Waals surface area contributed by atoms with E-state index in [9.17, 15) is 0 Å². The van der Waals surface area contributed by atoms with Gasteiger partial charge in [0.1, 0.15) is 0 Å². The van der Waals surface area contributed by atoms with E-state index in [2.05, 4.69) is 26.3 Å². The normalized spacial score (nSPS) is 12.6. The molecule has 3 nitrogen and oxygen atoms in total. The molecule has 2 heterocycles. The summed E-state index contributed by atoms with van der Waals surface area (Å²) in [5.41, 5.74) is 3.76. The lowest BCUT2D eigenvalue weighted by Crippen LogP contribution is -2.29. The van der Waals surface area contributed by atoms with Crippen LogP contribution in [0.15, 0.2) is 34.2 Å². The molecule has 0 aliphatic rings. The van der Waals surface area contributed by atoms with Gasteiger partial charge in [-0.2, -0.15) is 0 Å². The summed E-state index contributed by atoms with van der Waals surface area (Å²) in [5.74, 6) is 5.57. The van der Waals surface area contributed by atoms with E-state index >= 15 is 0 Å². The monoisotopic (exact) mass is 331 g/mol. The number of aromatic nitrogens is 1. The zero-order chi connectivity index (χ0) is 12.3. The number of hydrazine groups is 1. The Bertz CT molecular complexity index is 486. The molecular formula is C11H11BrClN3S. The molecule has 0 fully saturated rings. The number of hydrogen-bond acceptors (Lipinski definition) is 4.